The summed E-state index contributed by atoms with van der Waals surface area (Å²) in [6.45, 7) is -1.44. The van der Waals surface area contributed by atoms with Gasteiger partial charge in [-0.05, 0) is 18.2 Å². The number of amides is 1. The van der Waals surface area contributed by atoms with Crippen molar-refractivity contribution in [2.24, 2.45) is 5.11 Å². The second kappa shape index (κ2) is 9.00. The van der Waals surface area contributed by atoms with Crippen molar-refractivity contribution >= 4 is 45.6 Å². The van der Waals surface area contributed by atoms with Gasteiger partial charge in [0.15, 0.2) is 17.3 Å². The monoisotopic (exact) mass is 455 g/mol. The maximum absolute atomic E-state index is 13.9. The molecule has 1 amide bonds. The predicted molar refractivity (Wildman–Crippen MR) is 108 cm³/mol. The first-order valence-corrected chi connectivity index (χ1v) is 8.92. The number of H-pyrrole nitrogens is 1. The predicted octanol–water partition coefficient (Wildman–Crippen LogP) is 5.25. The van der Waals surface area contributed by atoms with Crippen molar-refractivity contribution in [1.29, 1.82) is 5.53 Å². The molecule has 5 N–H and O–H groups in total. The lowest BCUT2D eigenvalue weighted by atomic mass is 10.2. The Balaban J connectivity index is 1.69. The van der Waals surface area contributed by atoms with E-state index in [1.54, 1.807) is 24.4 Å². The molecule has 0 atom stereocenters. The number of halogens is 5. The minimum Gasteiger partial charge on any atom is -0.359 e. The zero-order valence-corrected chi connectivity index (χ0v) is 16.2. The number of aromatic nitrogens is 2. The van der Waals surface area contributed by atoms with Crippen molar-refractivity contribution in [2.75, 3.05) is 22.5 Å². The highest BCUT2D eigenvalue weighted by Crippen LogP contribution is 2.26. The second-order valence-electron chi connectivity index (χ2n) is 6.16. The molecule has 3 aromatic rings. The number of benzene rings is 1. The highest BCUT2D eigenvalue weighted by Gasteiger charge is 2.27. The number of fused-ring (bicyclic) bond motifs is 1. The molecule has 0 saturated heterocycles. The minimum absolute atomic E-state index is 0.0304. The number of hydrogen-bond acceptors (Lipinski definition) is 6. The van der Waals surface area contributed by atoms with E-state index in [-0.39, 0.29) is 11.4 Å². The normalized spacial score (nSPS) is 12.0. The summed E-state index contributed by atoms with van der Waals surface area (Å²) in [7, 11) is 0. The summed E-state index contributed by atoms with van der Waals surface area (Å²) in [4.78, 5) is 18.9. The Hall–Kier alpha value is -3.67. The Morgan fingerprint density at radius 2 is 2.10 bits per heavy atom. The molecule has 1 aromatic carbocycles. The van der Waals surface area contributed by atoms with E-state index >= 15 is 0 Å². The van der Waals surface area contributed by atoms with Crippen LogP contribution in [0.2, 0.25) is 5.02 Å². The van der Waals surface area contributed by atoms with E-state index in [1.807, 2.05) is 5.32 Å². The zero-order chi connectivity index (χ0) is 22.6. The van der Waals surface area contributed by atoms with Gasteiger partial charge in [-0.2, -0.15) is 18.3 Å². The number of alkyl halides is 3. The third-order valence-corrected chi connectivity index (χ3v) is 4.15. The average molecular weight is 456 g/mol. The van der Waals surface area contributed by atoms with Crippen LogP contribution in [0.3, 0.4) is 0 Å². The summed E-state index contributed by atoms with van der Waals surface area (Å²) in [5.41, 5.74) is 8.01. The molecule has 0 fully saturated rings. The van der Waals surface area contributed by atoms with Gasteiger partial charge in [0.05, 0.1) is 17.6 Å². The number of pyridine rings is 1. The molecule has 0 aliphatic carbocycles. The van der Waals surface area contributed by atoms with Gasteiger partial charge in [-0.1, -0.05) is 11.6 Å². The molecule has 0 bridgehead atoms. The number of nitrogens with one attached hydrogen (secondary N) is 5. The number of rotatable bonds is 7. The Bertz CT molecular complexity index is 1160. The second-order valence-corrected chi connectivity index (χ2v) is 6.59. The fraction of sp³-hybridized carbons (Fsp3) is 0.111. The van der Waals surface area contributed by atoms with E-state index < -0.39 is 30.3 Å². The van der Waals surface area contributed by atoms with Crippen LogP contribution in [0.25, 0.3) is 10.9 Å². The molecular formula is C18H14ClF4N7O. The first-order valence-electron chi connectivity index (χ1n) is 8.54. The quantitative estimate of drug-likeness (QED) is 0.190. The van der Waals surface area contributed by atoms with Crippen molar-refractivity contribution in [1.82, 2.24) is 9.97 Å². The van der Waals surface area contributed by atoms with Crippen molar-refractivity contribution < 1.29 is 22.4 Å². The molecule has 0 unspecified atom stereocenters. The summed E-state index contributed by atoms with van der Waals surface area (Å²) < 4.78 is 50.5. The lowest BCUT2D eigenvalue weighted by molar-refractivity contribution is -0.115. The molecule has 8 nitrogen and oxygen atoms in total. The first kappa shape index (κ1) is 22.0. The van der Waals surface area contributed by atoms with Crippen LogP contribution >= 0.6 is 11.6 Å². The molecule has 13 heteroatoms. The van der Waals surface area contributed by atoms with Crippen LogP contribution in [-0.4, -0.2) is 28.6 Å². The van der Waals surface area contributed by atoms with Gasteiger partial charge in [-0.25, -0.2) is 14.9 Å². The fourth-order valence-electron chi connectivity index (χ4n) is 2.51. The van der Waals surface area contributed by atoms with Crippen LogP contribution < -0.4 is 16.0 Å². The highest BCUT2D eigenvalue weighted by molar-refractivity contribution is 6.31. The van der Waals surface area contributed by atoms with Crippen LogP contribution in [0.4, 0.5) is 34.8 Å². The molecule has 0 aliphatic heterocycles. The van der Waals surface area contributed by atoms with Gasteiger partial charge in [0.1, 0.15) is 6.54 Å². The molecular weight excluding hydrogens is 442 g/mol. The van der Waals surface area contributed by atoms with Gasteiger partial charge in [0, 0.05) is 34.4 Å². The maximum atomic E-state index is 13.9. The van der Waals surface area contributed by atoms with E-state index in [0.717, 1.165) is 24.0 Å². The Labute approximate surface area is 177 Å². The molecule has 162 valence electrons. The molecule has 0 saturated carbocycles. The number of carbonyl (C=O) groups is 1. The molecule has 0 aliphatic rings. The average Bonchev–Trinajstić information content (AvgIpc) is 3.09. The standard InChI is InChI=1S/C18H14ClF4N7O/c19-9-1-2-13-11(3-9)14(6-26-13)29-17(31)15(30-24)7-25-10-4-12(20)16(27-5-10)28-8-18(21,22)23/h1-7,24-26H,8H2,(H,27,28)(H,29,31)/b15-7-,30-24?. The first-order chi connectivity index (χ1) is 14.7. The number of anilines is 3. The van der Waals surface area contributed by atoms with Gasteiger partial charge in [-0.15, -0.1) is 0 Å². The number of aromatic amines is 1. The molecule has 3 rings (SSSR count). The topological polar surface area (TPSA) is 118 Å². The van der Waals surface area contributed by atoms with E-state index in [9.17, 15) is 22.4 Å². The summed E-state index contributed by atoms with van der Waals surface area (Å²) >= 11 is 5.96. The third-order valence-electron chi connectivity index (χ3n) is 3.92. The van der Waals surface area contributed by atoms with Crippen molar-refractivity contribution in [3.8, 4) is 0 Å². The summed E-state index contributed by atoms with van der Waals surface area (Å²) in [5.74, 6) is -2.35. The lowest BCUT2D eigenvalue weighted by Crippen LogP contribution is -2.22. The van der Waals surface area contributed by atoms with E-state index in [1.165, 1.54) is 0 Å². The SMILES string of the molecule is N=N/C(=C\Nc1cnc(NCC(F)(F)F)c(F)c1)C(=O)Nc1c[nH]c2ccc(Cl)cc12. The summed E-state index contributed by atoms with van der Waals surface area (Å²) in [5, 5.41) is 11.2. The smallest absolute Gasteiger partial charge is 0.359 e. The van der Waals surface area contributed by atoms with Crippen molar-refractivity contribution in [3.63, 3.8) is 0 Å². The van der Waals surface area contributed by atoms with Gasteiger partial charge in [0.2, 0.25) is 0 Å². The minimum atomic E-state index is -4.53. The van der Waals surface area contributed by atoms with Crippen LogP contribution in [0, 0.1) is 11.3 Å². The molecule has 2 heterocycles. The number of carbonyl (C=O) groups excluding carboxylic acids is 1. The van der Waals surface area contributed by atoms with E-state index in [2.05, 4.69) is 25.7 Å². The number of nitrogens with zero attached hydrogens (tertiary/aromatic N) is 2. The van der Waals surface area contributed by atoms with Crippen molar-refractivity contribution in [3.05, 3.63) is 59.4 Å². The Kier molecular flexibility index (Phi) is 6.39. The van der Waals surface area contributed by atoms with Gasteiger partial charge < -0.3 is 20.9 Å². The summed E-state index contributed by atoms with van der Waals surface area (Å²) in [6.07, 6.45) is -0.898. The third kappa shape index (κ3) is 5.69. The lowest BCUT2D eigenvalue weighted by Gasteiger charge is -2.10. The van der Waals surface area contributed by atoms with Crippen LogP contribution in [0.15, 0.2) is 53.7 Å². The van der Waals surface area contributed by atoms with E-state index in [4.69, 9.17) is 17.1 Å². The van der Waals surface area contributed by atoms with Gasteiger partial charge in [0.25, 0.3) is 5.91 Å². The molecule has 31 heavy (non-hydrogen) atoms. The van der Waals surface area contributed by atoms with Crippen LogP contribution in [0.5, 0.6) is 0 Å². The maximum Gasteiger partial charge on any atom is 0.405 e. The molecule has 0 spiro atoms. The Morgan fingerprint density at radius 3 is 2.77 bits per heavy atom. The van der Waals surface area contributed by atoms with Gasteiger partial charge in [-0.3, -0.25) is 4.79 Å². The fourth-order valence-corrected chi connectivity index (χ4v) is 2.69. The van der Waals surface area contributed by atoms with Gasteiger partial charge >= 0.3 is 6.18 Å². The molecule has 2 aromatic heterocycles. The largest absolute Gasteiger partial charge is 0.405 e. The van der Waals surface area contributed by atoms with Crippen molar-refractivity contribution in [2.45, 2.75) is 6.18 Å². The van der Waals surface area contributed by atoms with E-state index in [0.29, 0.717) is 16.1 Å². The van der Waals surface area contributed by atoms with Crippen LogP contribution in [0.1, 0.15) is 0 Å². The number of hydrogen-bond donors (Lipinski definition) is 5. The van der Waals surface area contributed by atoms with Crippen LogP contribution in [-0.2, 0) is 4.79 Å². The zero-order valence-electron chi connectivity index (χ0n) is 15.4. The highest BCUT2D eigenvalue weighted by atomic mass is 35.5. The summed E-state index contributed by atoms with van der Waals surface area (Å²) in [6, 6.07) is 5.93. The molecule has 0 radical (unpaired) electrons. The Morgan fingerprint density at radius 1 is 1.32 bits per heavy atom.